The Morgan fingerprint density at radius 1 is 1.05 bits per heavy atom. The maximum Gasteiger partial charge on any atom is 0.283 e. The Labute approximate surface area is 141 Å². The van der Waals surface area contributed by atoms with E-state index in [1.807, 2.05) is 24.3 Å². The number of nitro groups is 1. The van der Waals surface area contributed by atoms with Crippen molar-refractivity contribution < 1.29 is 4.92 Å². The van der Waals surface area contributed by atoms with Gasteiger partial charge in [0.15, 0.2) is 0 Å². The van der Waals surface area contributed by atoms with Crippen molar-refractivity contribution in [2.45, 2.75) is 6.54 Å². The molecule has 4 nitrogen and oxygen atoms in total. The van der Waals surface area contributed by atoms with E-state index in [4.69, 9.17) is 0 Å². The quantitative estimate of drug-likeness (QED) is 0.480. The first kappa shape index (κ1) is 15.5. The molecule has 104 valence electrons. The number of hydrogen-bond acceptors (Lipinski definition) is 3. The lowest BCUT2D eigenvalue weighted by atomic mass is 10.2. The van der Waals surface area contributed by atoms with Gasteiger partial charge < -0.3 is 5.32 Å². The van der Waals surface area contributed by atoms with Gasteiger partial charge in [-0.1, -0.05) is 12.1 Å². The highest BCUT2D eigenvalue weighted by Gasteiger charge is 2.12. The van der Waals surface area contributed by atoms with E-state index in [0.29, 0.717) is 11.0 Å². The van der Waals surface area contributed by atoms with Gasteiger partial charge >= 0.3 is 0 Å². The standard InChI is InChI=1S/C13H9Br3N2O2/c14-9-5-4-8(6-12(9)18(19)20)7-17-13-10(15)2-1-3-11(13)16/h1-6,17H,7H2. The van der Waals surface area contributed by atoms with Gasteiger partial charge in [0.2, 0.25) is 0 Å². The summed E-state index contributed by atoms with van der Waals surface area (Å²) in [6, 6.07) is 10.9. The molecule has 2 aromatic rings. The number of halogens is 3. The van der Waals surface area contributed by atoms with E-state index in [1.165, 1.54) is 0 Å². The molecule has 2 aromatic carbocycles. The highest BCUT2D eigenvalue weighted by atomic mass is 79.9. The van der Waals surface area contributed by atoms with E-state index < -0.39 is 4.92 Å². The third-order valence-electron chi connectivity index (χ3n) is 2.64. The van der Waals surface area contributed by atoms with Gasteiger partial charge in [-0.05, 0) is 71.6 Å². The summed E-state index contributed by atoms with van der Waals surface area (Å²) >= 11 is 10.1. The predicted molar refractivity (Wildman–Crippen MR) is 90.0 cm³/mol. The molecule has 0 saturated carbocycles. The van der Waals surface area contributed by atoms with E-state index in [1.54, 1.807) is 12.1 Å². The minimum atomic E-state index is -0.401. The van der Waals surface area contributed by atoms with Gasteiger partial charge in [-0.3, -0.25) is 10.1 Å². The molecule has 1 N–H and O–H groups in total. The molecule has 0 saturated heterocycles. The Bertz CT molecular complexity index is 642. The Balaban J connectivity index is 2.19. The average Bonchev–Trinajstić information content (AvgIpc) is 2.39. The van der Waals surface area contributed by atoms with Gasteiger partial charge in [-0.15, -0.1) is 0 Å². The lowest BCUT2D eigenvalue weighted by Crippen LogP contribution is -2.02. The Kier molecular flexibility index (Phi) is 5.17. The van der Waals surface area contributed by atoms with Crippen molar-refractivity contribution in [2.24, 2.45) is 0 Å². The molecule has 0 amide bonds. The third kappa shape index (κ3) is 3.59. The molecule has 0 aliphatic carbocycles. The van der Waals surface area contributed by atoms with Crippen LogP contribution in [0.15, 0.2) is 49.8 Å². The van der Waals surface area contributed by atoms with Crippen LogP contribution in [0.1, 0.15) is 5.56 Å². The minimum Gasteiger partial charge on any atom is -0.379 e. The fourth-order valence-corrected chi connectivity index (χ4v) is 3.34. The summed E-state index contributed by atoms with van der Waals surface area (Å²) in [6.07, 6.45) is 0. The largest absolute Gasteiger partial charge is 0.379 e. The maximum atomic E-state index is 10.9. The summed E-state index contributed by atoms with van der Waals surface area (Å²) < 4.78 is 2.34. The van der Waals surface area contributed by atoms with E-state index in [9.17, 15) is 10.1 Å². The van der Waals surface area contributed by atoms with Crippen LogP contribution in [0, 0.1) is 10.1 Å². The number of para-hydroxylation sites is 1. The lowest BCUT2D eigenvalue weighted by molar-refractivity contribution is -0.385. The summed E-state index contributed by atoms with van der Waals surface area (Å²) in [7, 11) is 0. The minimum absolute atomic E-state index is 0.0653. The van der Waals surface area contributed by atoms with Crippen molar-refractivity contribution in [3.8, 4) is 0 Å². The molecule has 0 bridgehead atoms. The van der Waals surface area contributed by atoms with Gasteiger partial charge in [0, 0.05) is 21.6 Å². The molecule has 0 unspecified atom stereocenters. The Hall–Kier alpha value is -0.920. The van der Waals surface area contributed by atoms with Crippen LogP contribution in [0.2, 0.25) is 0 Å². The number of hydrogen-bond donors (Lipinski definition) is 1. The van der Waals surface area contributed by atoms with E-state index in [-0.39, 0.29) is 5.69 Å². The third-order valence-corrected chi connectivity index (χ3v) is 4.63. The normalized spacial score (nSPS) is 10.3. The van der Waals surface area contributed by atoms with Crippen molar-refractivity contribution in [3.63, 3.8) is 0 Å². The van der Waals surface area contributed by atoms with Gasteiger partial charge in [0.05, 0.1) is 15.1 Å². The van der Waals surface area contributed by atoms with Crippen molar-refractivity contribution in [2.75, 3.05) is 5.32 Å². The zero-order valence-corrected chi connectivity index (χ0v) is 14.8. The monoisotopic (exact) mass is 462 g/mol. The average molecular weight is 465 g/mol. The molecule has 0 aliphatic heterocycles. The van der Waals surface area contributed by atoms with Crippen LogP contribution in [0.3, 0.4) is 0 Å². The first-order valence-electron chi connectivity index (χ1n) is 5.59. The fourth-order valence-electron chi connectivity index (χ4n) is 1.67. The van der Waals surface area contributed by atoms with Crippen LogP contribution in [-0.4, -0.2) is 4.92 Å². The highest BCUT2D eigenvalue weighted by molar-refractivity contribution is 9.11. The number of rotatable bonds is 4. The van der Waals surface area contributed by atoms with Crippen LogP contribution in [-0.2, 0) is 6.54 Å². The first-order valence-corrected chi connectivity index (χ1v) is 7.97. The molecule has 2 rings (SSSR count). The van der Waals surface area contributed by atoms with E-state index in [0.717, 1.165) is 20.2 Å². The zero-order valence-electron chi connectivity index (χ0n) is 10.1. The fraction of sp³-hybridized carbons (Fsp3) is 0.0769. The SMILES string of the molecule is O=[N+]([O-])c1cc(CNc2c(Br)cccc2Br)ccc1Br. The van der Waals surface area contributed by atoms with Crippen LogP contribution in [0.25, 0.3) is 0 Å². The Morgan fingerprint density at radius 2 is 1.70 bits per heavy atom. The molecular formula is C13H9Br3N2O2. The highest BCUT2D eigenvalue weighted by Crippen LogP contribution is 2.31. The van der Waals surface area contributed by atoms with Gasteiger partial charge in [0.25, 0.3) is 5.69 Å². The second-order valence-corrected chi connectivity index (χ2v) is 6.56. The molecule has 7 heteroatoms. The molecule has 0 spiro atoms. The van der Waals surface area contributed by atoms with Crippen molar-refractivity contribution >= 4 is 59.2 Å². The summed E-state index contributed by atoms with van der Waals surface area (Å²) in [5.74, 6) is 0. The lowest BCUT2D eigenvalue weighted by Gasteiger charge is -2.11. The molecule has 0 atom stereocenters. The van der Waals surface area contributed by atoms with Crippen LogP contribution in [0.5, 0.6) is 0 Å². The topological polar surface area (TPSA) is 55.2 Å². The molecule has 0 aromatic heterocycles. The summed E-state index contributed by atoms with van der Waals surface area (Å²) in [5.41, 5.74) is 1.82. The number of nitro benzene ring substituents is 1. The number of anilines is 1. The number of nitrogens with one attached hydrogen (secondary N) is 1. The van der Waals surface area contributed by atoms with Gasteiger partial charge in [-0.2, -0.15) is 0 Å². The summed E-state index contributed by atoms with van der Waals surface area (Å²) in [4.78, 5) is 10.5. The van der Waals surface area contributed by atoms with Crippen LogP contribution < -0.4 is 5.32 Å². The summed E-state index contributed by atoms with van der Waals surface area (Å²) in [5, 5.41) is 14.1. The zero-order chi connectivity index (χ0) is 14.7. The molecule has 0 fully saturated rings. The maximum absolute atomic E-state index is 10.9. The summed E-state index contributed by atoms with van der Waals surface area (Å²) in [6.45, 7) is 0.495. The number of nitrogens with zero attached hydrogens (tertiary/aromatic N) is 1. The first-order chi connectivity index (χ1) is 9.49. The van der Waals surface area contributed by atoms with Gasteiger partial charge in [-0.25, -0.2) is 0 Å². The Morgan fingerprint density at radius 3 is 2.30 bits per heavy atom. The molecule has 0 radical (unpaired) electrons. The van der Waals surface area contributed by atoms with E-state index >= 15 is 0 Å². The van der Waals surface area contributed by atoms with Crippen LogP contribution in [0.4, 0.5) is 11.4 Å². The van der Waals surface area contributed by atoms with Gasteiger partial charge in [0.1, 0.15) is 0 Å². The predicted octanol–water partition coefficient (Wildman–Crippen LogP) is 5.49. The van der Waals surface area contributed by atoms with Crippen molar-refractivity contribution in [1.82, 2.24) is 0 Å². The molecule has 0 heterocycles. The molecule has 0 aliphatic rings. The van der Waals surface area contributed by atoms with Crippen molar-refractivity contribution in [3.05, 3.63) is 65.5 Å². The smallest absolute Gasteiger partial charge is 0.283 e. The van der Waals surface area contributed by atoms with E-state index in [2.05, 4.69) is 53.1 Å². The molecular weight excluding hydrogens is 456 g/mol. The number of benzene rings is 2. The second-order valence-electron chi connectivity index (χ2n) is 3.99. The van der Waals surface area contributed by atoms with Crippen LogP contribution >= 0.6 is 47.8 Å². The second kappa shape index (κ2) is 6.69. The van der Waals surface area contributed by atoms with Crippen molar-refractivity contribution in [1.29, 1.82) is 0 Å². The molecule has 20 heavy (non-hydrogen) atoms.